The van der Waals surface area contributed by atoms with Crippen molar-refractivity contribution >= 4 is 17.6 Å². The second kappa shape index (κ2) is 5.68. The lowest BCUT2D eigenvalue weighted by molar-refractivity contribution is -0.388. The normalized spacial score (nSPS) is 10.8. The molecule has 1 heterocycles. The molecule has 0 radical (unpaired) electrons. The van der Waals surface area contributed by atoms with Gasteiger partial charge in [0.15, 0.2) is 0 Å². The predicted molar refractivity (Wildman–Crippen MR) is 69.3 cm³/mol. The third-order valence-electron chi connectivity index (χ3n) is 2.65. The van der Waals surface area contributed by atoms with Crippen LogP contribution < -0.4 is 4.90 Å². The third kappa shape index (κ3) is 3.43. The van der Waals surface area contributed by atoms with E-state index in [2.05, 4.69) is 4.98 Å². The number of hydrogen-bond donors (Lipinski definition) is 1. The zero-order valence-electron chi connectivity index (χ0n) is 11.5. The van der Waals surface area contributed by atoms with Gasteiger partial charge in [-0.25, -0.2) is 0 Å². The molecule has 0 atom stereocenters. The Bertz CT molecular complexity index is 495. The Hall–Kier alpha value is -2.12. The minimum atomic E-state index is -1.03. The number of nitro groups is 1. The van der Waals surface area contributed by atoms with Gasteiger partial charge in [0.25, 0.3) is 0 Å². The molecule has 1 rings (SSSR count). The fourth-order valence-electron chi connectivity index (χ4n) is 1.89. The van der Waals surface area contributed by atoms with Gasteiger partial charge in [-0.3, -0.25) is 9.36 Å². The molecule has 1 aromatic heterocycles. The highest BCUT2D eigenvalue weighted by atomic mass is 16.6. The summed E-state index contributed by atoms with van der Waals surface area (Å²) in [5, 5.41) is 20.0. The van der Waals surface area contributed by atoms with E-state index in [9.17, 15) is 14.9 Å². The molecule has 0 aliphatic carbocycles. The van der Waals surface area contributed by atoms with Crippen molar-refractivity contribution in [1.29, 1.82) is 0 Å². The fourth-order valence-corrected chi connectivity index (χ4v) is 1.89. The van der Waals surface area contributed by atoms with Crippen LogP contribution in [0.1, 0.15) is 19.7 Å². The van der Waals surface area contributed by atoms with Crippen molar-refractivity contribution < 1.29 is 14.8 Å². The summed E-state index contributed by atoms with van der Waals surface area (Å²) in [6.45, 7) is 5.60. The van der Waals surface area contributed by atoms with Crippen molar-refractivity contribution in [1.82, 2.24) is 9.55 Å². The molecular formula is C11H18N4O4. The predicted octanol–water partition coefficient (Wildman–Crippen LogP) is 1.18. The van der Waals surface area contributed by atoms with Crippen LogP contribution >= 0.6 is 0 Å². The Morgan fingerprint density at radius 3 is 2.58 bits per heavy atom. The molecule has 19 heavy (non-hydrogen) atoms. The van der Waals surface area contributed by atoms with E-state index in [4.69, 9.17) is 5.11 Å². The summed E-state index contributed by atoms with van der Waals surface area (Å²) in [7, 11) is 1.64. The molecule has 0 saturated carbocycles. The van der Waals surface area contributed by atoms with Gasteiger partial charge < -0.3 is 20.1 Å². The summed E-state index contributed by atoms with van der Waals surface area (Å²) < 4.78 is 1.55. The van der Waals surface area contributed by atoms with Crippen LogP contribution in [0.5, 0.6) is 0 Å². The van der Waals surface area contributed by atoms with E-state index in [0.717, 1.165) is 0 Å². The van der Waals surface area contributed by atoms with Gasteiger partial charge in [-0.05, 0) is 15.8 Å². The number of carbonyl (C=O) groups is 1. The van der Waals surface area contributed by atoms with Gasteiger partial charge in [0.05, 0.1) is 0 Å². The number of aryl methyl sites for hydroxylation is 1. The summed E-state index contributed by atoms with van der Waals surface area (Å²) in [5.41, 5.74) is 0. The molecule has 8 heteroatoms. The van der Waals surface area contributed by atoms with Gasteiger partial charge >= 0.3 is 11.8 Å². The van der Waals surface area contributed by atoms with Gasteiger partial charge in [0, 0.05) is 20.5 Å². The van der Waals surface area contributed by atoms with Gasteiger partial charge in [0.2, 0.25) is 11.6 Å². The largest absolute Gasteiger partial charge is 0.480 e. The van der Waals surface area contributed by atoms with Crippen molar-refractivity contribution in [2.24, 2.45) is 13.0 Å². The highest BCUT2D eigenvalue weighted by Gasteiger charge is 2.29. The molecule has 0 saturated heterocycles. The molecule has 1 aromatic rings. The topological polar surface area (TPSA) is 102 Å². The number of carboxylic acid groups (broad SMARTS) is 1. The lowest BCUT2D eigenvalue weighted by Crippen LogP contribution is -2.34. The maximum atomic E-state index is 11.0. The van der Waals surface area contributed by atoms with E-state index < -0.39 is 10.9 Å². The SMILES string of the molecule is Cc1nc([N+](=O)[O-])c(N(CC(=O)O)CC(C)C)n1C. The van der Waals surface area contributed by atoms with E-state index >= 15 is 0 Å². The van der Waals surface area contributed by atoms with Crippen molar-refractivity contribution in [3.8, 4) is 0 Å². The average Bonchev–Trinajstić information content (AvgIpc) is 2.53. The molecule has 0 aliphatic heterocycles. The van der Waals surface area contributed by atoms with Crippen LogP contribution in [0.25, 0.3) is 0 Å². The Morgan fingerprint density at radius 2 is 2.16 bits per heavy atom. The maximum Gasteiger partial charge on any atom is 0.406 e. The minimum absolute atomic E-state index is 0.175. The molecule has 8 nitrogen and oxygen atoms in total. The maximum absolute atomic E-state index is 11.0. The van der Waals surface area contributed by atoms with Gasteiger partial charge in [0.1, 0.15) is 6.54 Å². The highest BCUT2D eigenvalue weighted by Crippen LogP contribution is 2.28. The second-order valence-corrected chi connectivity index (χ2v) is 4.79. The Morgan fingerprint density at radius 1 is 1.58 bits per heavy atom. The van der Waals surface area contributed by atoms with E-state index in [0.29, 0.717) is 12.4 Å². The summed E-state index contributed by atoms with van der Waals surface area (Å²) in [5.74, 6) is -0.454. The Balaban J connectivity index is 3.27. The fraction of sp³-hybridized carbons (Fsp3) is 0.636. The van der Waals surface area contributed by atoms with Gasteiger partial charge in [-0.1, -0.05) is 13.8 Å². The molecule has 0 aliphatic rings. The number of nitrogens with zero attached hydrogens (tertiary/aromatic N) is 4. The Labute approximate surface area is 110 Å². The summed E-state index contributed by atoms with van der Waals surface area (Å²) >= 11 is 0. The quantitative estimate of drug-likeness (QED) is 0.615. The zero-order valence-corrected chi connectivity index (χ0v) is 11.5. The molecule has 0 amide bonds. The first-order valence-corrected chi connectivity index (χ1v) is 5.88. The number of hydrogen-bond acceptors (Lipinski definition) is 5. The second-order valence-electron chi connectivity index (χ2n) is 4.79. The molecule has 0 fully saturated rings. The summed E-state index contributed by atoms with van der Waals surface area (Å²) in [6.07, 6.45) is 0. The number of carboxylic acids is 1. The smallest absolute Gasteiger partial charge is 0.406 e. The van der Waals surface area contributed by atoms with Gasteiger partial charge in [-0.15, -0.1) is 0 Å². The van der Waals surface area contributed by atoms with Crippen LogP contribution in [0, 0.1) is 23.0 Å². The number of imidazole rings is 1. The van der Waals surface area contributed by atoms with Crippen molar-refractivity contribution in [2.75, 3.05) is 18.0 Å². The van der Waals surface area contributed by atoms with Crippen LogP contribution in [0.4, 0.5) is 11.6 Å². The lowest BCUT2D eigenvalue weighted by atomic mass is 10.2. The molecule has 0 spiro atoms. The lowest BCUT2D eigenvalue weighted by Gasteiger charge is -2.23. The van der Waals surface area contributed by atoms with Crippen LogP contribution in [-0.4, -0.2) is 38.6 Å². The molecule has 1 N–H and O–H groups in total. The molecule has 106 valence electrons. The Kier molecular flexibility index (Phi) is 4.47. The van der Waals surface area contributed by atoms with E-state index in [-0.39, 0.29) is 24.1 Å². The number of rotatable bonds is 6. The zero-order chi connectivity index (χ0) is 14.7. The van der Waals surface area contributed by atoms with Crippen molar-refractivity contribution in [3.05, 3.63) is 15.9 Å². The summed E-state index contributed by atoms with van der Waals surface area (Å²) in [4.78, 5) is 26.7. The highest BCUT2D eigenvalue weighted by molar-refractivity contribution is 5.74. The monoisotopic (exact) mass is 270 g/mol. The van der Waals surface area contributed by atoms with Crippen LogP contribution in [-0.2, 0) is 11.8 Å². The first kappa shape index (κ1) is 14.9. The number of aliphatic carboxylic acids is 1. The van der Waals surface area contributed by atoms with Crippen molar-refractivity contribution in [3.63, 3.8) is 0 Å². The molecule has 0 bridgehead atoms. The number of aromatic nitrogens is 2. The molecular weight excluding hydrogens is 252 g/mol. The molecule has 0 unspecified atom stereocenters. The van der Waals surface area contributed by atoms with Crippen LogP contribution in [0.2, 0.25) is 0 Å². The standard InChI is InChI=1S/C11H18N4O4/c1-7(2)5-14(6-9(16)17)11-10(15(18)19)12-8(3)13(11)4/h7H,5-6H2,1-4H3,(H,16,17). The average molecular weight is 270 g/mol. The van der Waals surface area contributed by atoms with Gasteiger partial charge in [-0.2, -0.15) is 0 Å². The third-order valence-corrected chi connectivity index (χ3v) is 2.65. The van der Waals surface area contributed by atoms with Crippen molar-refractivity contribution in [2.45, 2.75) is 20.8 Å². The first-order chi connectivity index (χ1) is 8.73. The summed E-state index contributed by atoms with van der Waals surface area (Å²) in [6, 6.07) is 0. The van der Waals surface area contributed by atoms with Crippen LogP contribution in [0.3, 0.4) is 0 Å². The van der Waals surface area contributed by atoms with E-state index in [1.165, 1.54) is 4.90 Å². The molecule has 0 aromatic carbocycles. The number of anilines is 1. The van der Waals surface area contributed by atoms with E-state index in [1.807, 2.05) is 13.8 Å². The van der Waals surface area contributed by atoms with E-state index in [1.54, 1.807) is 18.5 Å². The minimum Gasteiger partial charge on any atom is -0.480 e. The van der Waals surface area contributed by atoms with Crippen LogP contribution in [0.15, 0.2) is 0 Å². The first-order valence-electron chi connectivity index (χ1n) is 5.88.